The van der Waals surface area contributed by atoms with Gasteiger partial charge >= 0.3 is 0 Å². The predicted molar refractivity (Wildman–Crippen MR) is 129 cm³/mol. The maximum Gasteiger partial charge on any atom is 0.231 e. The van der Waals surface area contributed by atoms with E-state index in [1.165, 1.54) is 5.56 Å². The number of aromatic nitrogens is 1. The predicted octanol–water partition coefficient (Wildman–Crippen LogP) is 6.00. The number of ketones is 1. The Labute approximate surface area is 192 Å². The van der Waals surface area contributed by atoms with Crippen LogP contribution in [0.25, 0.3) is 17.0 Å². The van der Waals surface area contributed by atoms with Crippen LogP contribution in [0.4, 0.5) is 0 Å². The highest BCUT2D eigenvalue weighted by Gasteiger charge is 2.30. The normalized spacial score (nSPS) is 13.9. The van der Waals surface area contributed by atoms with Gasteiger partial charge in [-0.15, -0.1) is 0 Å². The van der Waals surface area contributed by atoms with Crippen LogP contribution in [0.3, 0.4) is 0 Å². The molecule has 1 aliphatic rings. The highest BCUT2D eigenvalue weighted by atomic mass is 16.5. The molecule has 0 fully saturated rings. The molecule has 5 nitrogen and oxygen atoms in total. The molecule has 3 aromatic carbocycles. The minimum Gasteiger partial charge on any atom is -0.497 e. The van der Waals surface area contributed by atoms with E-state index in [0.29, 0.717) is 29.4 Å². The van der Waals surface area contributed by atoms with E-state index < -0.39 is 0 Å². The van der Waals surface area contributed by atoms with E-state index >= 15 is 0 Å². The van der Waals surface area contributed by atoms with Gasteiger partial charge < -0.3 is 18.8 Å². The zero-order valence-corrected chi connectivity index (χ0v) is 19.1. The van der Waals surface area contributed by atoms with Gasteiger partial charge in [0.25, 0.3) is 0 Å². The van der Waals surface area contributed by atoms with E-state index in [-0.39, 0.29) is 5.78 Å². The van der Waals surface area contributed by atoms with Crippen molar-refractivity contribution in [3.05, 3.63) is 94.4 Å². The lowest BCUT2D eigenvalue weighted by atomic mass is 10.1. The summed E-state index contributed by atoms with van der Waals surface area (Å²) < 4.78 is 19.5. The van der Waals surface area contributed by atoms with E-state index in [2.05, 4.69) is 31.2 Å². The Morgan fingerprint density at radius 3 is 2.58 bits per heavy atom. The van der Waals surface area contributed by atoms with Gasteiger partial charge in [-0.3, -0.25) is 4.79 Å². The SMILES string of the molecule is COc1ccc2c(c1)c(C=C1Oc3c(ccc(OCc4ccc(C)cc4)c3C)C1=O)cn2C. The van der Waals surface area contributed by atoms with E-state index in [1.54, 1.807) is 19.3 Å². The van der Waals surface area contributed by atoms with Gasteiger partial charge in [0.05, 0.1) is 12.7 Å². The molecule has 0 saturated heterocycles. The number of carbonyl (C=O) groups excluding carboxylic acids is 1. The molecular weight excluding hydrogens is 414 g/mol. The highest BCUT2D eigenvalue weighted by molar-refractivity contribution is 6.15. The number of hydrogen-bond acceptors (Lipinski definition) is 4. The van der Waals surface area contributed by atoms with Crippen molar-refractivity contribution in [1.82, 2.24) is 4.57 Å². The molecule has 0 saturated carbocycles. The number of benzene rings is 3. The van der Waals surface area contributed by atoms with Gasteiger partial charge in [0.2, 0.25) is 5.78 Å². The maximum absolute atomic E-state index is 13.1. The molecule has 0 spiro atoms. The van der Waals surface area contributed by atoms with Crippen LogP contribution < -0.4 is 14.2 Å². The molecule has 5 heteroatoms. The second-order valence-electron chi connectivity index (χ2n) is 8.36. The fraction of sp³-hybridized carbons (Fsp3) is 0.179. The molecule has 0 bridgehead atoms. The average Bonchev–Trinajstić information content (AvgIpc) is 3.31. The Kier molecular flexibility index (Phi) is 5.17. The van der Waals surface area contributed by atoms with Crippen LogP contribution in [-0.4, -0.2) is 17.5 Å². The molecule has 33 heavy (non-hydrogen) atoms. The molecule has 4 aromatic rings. The van der Waals surface area contributed by atoms with Gasteiger partial charge in [0.15, 0.2) is 5.76 Å². The Bertz CT molecular complexity index is 1410. The molecule has 2 heterocycles. The summed E-state index contributed by atoms with van der Waals surface area (Å²) in [6.45, 7) is 4.43. The van der Waals surface area contributed by atoms with Gasteiger partial charge in [-0.2, -0.15) is 0 Å². The standard InChI is InChI=1S/C28H25NO4/c1-17-5-7-19(8-6-17)16-32-25-12-10-22-27(30)26(33-28(22)18(25)2)13-20-15-29(3)24-11-9-21(31-4)14-23(20)24/h5-15H,16H2,1-4H3. The van der Waals surface area contributed by atoms with Crippen molar-refractivity contribution in [2.45, 2.75) is 20.5 Å². The third-order valence-electron chi connectivity index (χ3n) is 6.07. The Balaban J connectivity index is 1.44. The molecule has 1 aliphatic heterocycles. The van der Waals surface area contributed by atoms with Gasteiger partial charge in [-0.05, 0) is 55.8 Å². The average molecular weight is 440 g/mol. The van der Waals surface area contributed by atoms with Gasteiger partial charge in [0.1, 0.15) is 23.9 Å². The number of nitrogens with zero attached hydrogens (tertiary/aromatic N) is 1. The number of aryl methyl sites for hydroxylation is 2. The second-order valence-corrected chi connectivity index (χ2v) is 8.36. The molecule has 0 atom stereocenters. The van der Waals surface area contributed by atoms with E-state index in [4.69, 9.17) is 14.2 Å². The molecule has 166 valence electrons. The summed E-state index contributed by atoms with van der Waals surface area (Å²) in [6.07, 6.45) is 3.79. The molecule has 1 aromatic heterocycles. The molecule has 5 rings (SSSR count). The Morgan fingerprint density at radius 1 is 1.03 bits per heavy atom. The molecule has 0 radical (unpaired) electrons. The zero-order valence-electron chi connectivity index (χ0n) is 19.1. The molecular formula is C28H25NO4. The van der Waals surface area contributed by atoms with Gasteiger partial charge in [-0.25, -0.2) is 0 Å². The van der Waals surface area contributed by atoms with Crippen molar-refractivity contribution in [1.29, 1.82) is 0 Å². The first-order valence-corrected chi connectivity index (χ1v) is 10.8. The first kappa shape index (κ1) is 20.9. The third-order valence-corrected chi connectivity index (χ3v) is 6.07. The first-order chi connectivity index (χ1) is 15.9. The Hall–Kier alpha value is -3.99. The maximum atomic E-state index is 13.1. The Morgan fingerprint density at radius 2 is 1.82 bits per heavy atom. The summed E-state index contributed by atoms with van der Waals surface area (Å²) in [5.41, 5.74) is 5.62. The van der Waals surface area contributed by atoms with Gasteiger partial charge in [-0.1, -0.05) is 29.8 Å². The van der Waals surface area contributed by atoms with E-state index in [1.807, 2.05) is 49.0 Å². The highest BCUT2D eigenvalue weighted by Crippen LogP contribution is 2.40. The topological polar surface area (TPSA) is 49.7 Å². The number of methoxy groups -OCH3 is 1. The summed E-state index contributed by atoms with van der Waals surface area (Å²) in [4.78, 5) is 13.1. The lowest BCUT2D eigenvalue weighted by molar-refractivity contribution is 0.101. The van der Waals surface area contributed by atoms with Crippen molar-refractivity contribution in [2.24, 2.45) is 7.05 Å². The van der Waals surface area contributed by atoms with Crippen LogP contribution in [0.2, 0.25) is 0 Å². The lowest BCUT2D eigenvalue weighted by Crippen LogP contribution is -1.98. The minimum atomic E-state index is -0.127. The van der Waals surface area contributed by atoms with Crippen molar-refractivity contribution >= 4 is 22.8 Å². The monoisotopic (exact) mass is 439 g/mol. The smallest absolute Gasteiger partial charge is 0.231 e. The number of Topliss-reactive ketones (excluding diaryl/α,β-unsaturated/α-hetero) is 1. The minimum absolute atomic E-state index is 0.127. The third kappa shape index (κ3) is 3.76. The molecule has 0 N–H and O–H groups in total. The lowest BCUT2D eigenvalue weighted by Gasteiger charge is -2.11. The fourth-order valence-electron chi connectivity index (χ4n) is 4.15. The van der Waals surface area contributed by atoms with Crippen LogP contribution in [0.15, 0.2) is 66.6 Å². The van der Waals surface area contributed by atoms with Crippen LogP contribution in [0.5, 0.6) is 17.2 Å². The van der Waals surface area contributed by atoms with Crippen molar-refractivity contribution < 1.29 is 19.0 Å². The number of fused-ring (bicyclic) bond motifs is 2. The summed E-state index contributed by atoms with van der Waals surface area (Å²) in [5, 5.41) is 0.996. The largest absolute Gasteiger partial charge is 0.497 e. The van der Waals surface area contributed by atoms with Crippen LogP contribution in [-0.2, 0) is 13.7 Å². The number of hydrogen-bond donors (Lipinski definition) is 0. The molecule has 0 amide bonds. The van der Waals surface area contributed by atoms with Crippen LogP contribution in [0.1, 0.15) is 32.6 Å². The summed E-state index contributed by atoms with van der Waals surface area (Å²) in [7, 11) is 3.62. The second kappa shape index (κ2) is 8.17. The summed E-state index contributed by atoms with van der Waals surface area (Å²) >= 11 is 0. The summed E-state index contributed by atoms with van der Waals surface area (Å²) in [6, 6.07) is 17.8. The van der Waals surface area contributed by atoms with Crippen LogP contribution in [0, 0.1) is 13.8 Å². The first-order valence-electron chi connectivity index (χ1n) is 10.8. The molecule has 0 aliphatic carbocycles. The number of allylic oxidation sites excluding steroid dienone is 1. The fourth-order valence-corrected chi connectivity index (χ4v) is 4.15. The molecule has 0 unspecified atom stereocenters. The zero-order chi connectivity index (χ0) is 23.1. The number of rotatable bonds is 5. The van der Waals surface area contributed by atoms with Crippen molar-refractivity contribution in [3.63, 3.8) is 0 Å². The van der Waals surface area contributed by atoms with Gasteiger partial charge in [0, 0.05) is 35.3 Å². The quantitative estimate of drug-likeness (QED) is 0.358. The van der Waals surface area contributed by atoms with E-state index in [9.17, 15) is 4.79 Å². The van der Waals surface area contributed by atoms with Crippen molar-refractivity contribution in [2.75, 3.05) is 7.11 Å². The number of ether oxygens (including phenoxy) is 3. The van der Waals surface area contributed by atoms with E-state index in [0.717, 1.165) is 33.3 Å². The van der Waals surface area contributed by atoms with Crippen LogP contribution >= 0.6 is 0 Å². The number of carbonyl (C=O) groups is 1. The summed E-state index contributed by atoms with van der Waals surface area (Å²) in [5.74, 6) is 2.21. The van der Waals surface area contributed by atoms with Crippen molar-refractivity contribution in [3.8, 4) is 17.2 Å².